The Morgan fingerprint density at radius 1 is 1.36 bits per heavy atom. The fraction of sp³-hybridized carbons (Fsp3) is 0.188. The molecule has 0 saturated carbocycles. The summed E-state index contributed by atoms with van der Waals surface area (Å²) in [6.45, 7) is 0.681. The van der Waals surface area contributed by atoms with E-state index in [0.29, 0.717) is 18.7 Å². The van der Waals surface area contributed by atoms with Crippen LogP contribution in [0.4, 0.5) is 10.1 Å². The van der Waals surface area contributed by atoms with Gasteiger partial charge in [0.1, 0.15) is 16.3 Å². The average molecular weight is 315 g/mol. The van der Waals surface area contributed by atoms with Crippen molar-refractivity contribution >= 4 is 33.1 Å². The first kappa shape index (κ1) is 13.3. The molecule has 1 aliphatic rings. The summed E-state index contributed by atoms with van der Waals surface area (Å²) in [4.78, 5) is 12.8. The number of rotatable bonds is 2. The molecule has 1 unspecified atom stereocenters. The van der Waals surface area contributed by atoms with E-state index in [4.69, 9.17) is 5.73 Å². The van der Waals surface area contributed by atoms with Gasteiger partial charge in [0.15, 0.2) is 0 Å². The molecule has 1 amide bonds. The molecule has 22 heavy (non-hydrogen) atoms. The van der Waals surface area contributed by atoms with Crippen LogP contribution in [-0.2, 0) is 6.42 Å². The lowest BCUT2D eigenvalue weighted by molar-refractivity contribution is 0.0990. The monoisotopic (exact) mass is 315 g/mol. The topological polar surface area (TPSA) is 60.1 Å². The summed E-state index contributed by atoms with van der Waals surface area (Å²) < 4.78 is 15.5. The van der Waals surface area contributed by atoms with Crippen LogP contribution in [0.2, 0.25) is 0 Å². The lowest BCUT2D eigenvalue weighted by Gasteiger charge is -2.28. The van der Waals surface area contributed by atoms with E-state index in [1.165, 1.54) is 6.07 Å². The lowest BCUT2D eigenvalue weighted by atomic mass is 9.99. The quantitative estimate of drug-likeness (QED) is 0.763. The zero-order valence-corrected chi connectivity index (χ0v) is 12.5. The first-order valence-corrected chi connectivity index (χ1v) is 7.92. The van der Waals surface area contributed by atoms with Crippen molar-refractivity contribution in [2.45, 2.75) is 12.5 Å². The number of hydrogen-bond donors (Lipinski definition) is 2. The maximum absolute atomic E-state index is 13.5. The number of benzene rings is 1. The number of aromatic nitrogens is 1. The number of fused-ring (bicyclic) bond motifs is 2. The molecule has 0 fully saturated rings. The SMILES string of the molecule is NC(=O)c1cc2ccsc2n1C1CNc2ccc(F)cc2C1. The number of amides is 1. The predicted octanol–water partition coefficient (Wildman–Crippen LogP) is 3.15. The highest BCUT2D eigenvalue weighted by atomic mass is 32.1. The van der Waals surface area contributed by atoms with Crippen LogP contribution in [0.25, 0.3) is 10.2 Å². The molecule has 112 valence electrons. The van der Waals surface area contributed by atoms with E-state index in [2.05, 4.69) is 5.32 Å². The van der Waals surface area contributed by atoms with Crippen molar-refractivity contribution in [3.8, 4) is 0 Å². The van der Waals surface area contributed by atoms with Gasteiger partial charge in [-0.25, -0.2) is 4.39 Å². The summed E-state index contributed by atoms with van der Waals surface area (Å²) in [6, 6.07) is 8.60. The van der Waals surface area contributed by atoms with Gasteiger partial charge in [-0.2, -0.15) is 0 Å². The van der Waals surface area contributed by atoms with Crippen molar-refractivity contribution in [1.82, 2.24) is 4.57 Å². The van der Waals surface area contributed by atoms with Crippen LogP contribution in [0.15, 0.2) is 35.7 Å². The van der Waals surface area contributed by atoms with Crippen LogP contribution in [0.1, 0.15) is 22.1 Å². The van der Waals surface area contributed by atoms with Crippen molar-refractivity contribution in [3.63, 3.8) is 0 Å². The smallest absolute Gasteiger partial charge is 0.265 e. The van der Waals surface area contributed by atoms with E-state index in [9.17, 15) is 9.18 Å². The second kappa shape index (κ2) is 4.84. The molecular formula is C16H14FN3OS. The molecule has 6 heteroatoms. The highest BCUT2D eigenvalue weighted by Crippen LogP contribution is 2.34. The highest BCUT2D eigenvalue weighted by Gasteiger charge is 2.25. The summed E-state index contributed by atoms with van der Waals surface area (Å²) in [5.41, 5.74) is 7.91. The average Bonchev–Trinajstić information content (AvgIpc) is 3.06. The van der Waals surface area contributed by atoms with Gasteiger partial charge in [-0.15, -0.1) is 11.3 Å². The zero-order chi connectivity index (χ0) is 15.3. The molecule has 2 aromatic heterocycles. The molecule has 1 aromatic carbocycles. The van der Waals surface area contributed by atoms with Crippen LogP contribution in [-0.4, -0.2) is 17.0 Å². The summed E-state index contributed by atoms with van der Waals surface area (Å²) in [6.07, 6.45) is 0.669. The fourth-order valence-corrected chi connectivity index (χ4v) is 4.10. The molecule has 0 spiro atoms. The summed E-state index contributed by atoms with van der Waals surface area (Å²) in [7, 11) is 0. The van der Waals surface area contributed by atoms with Crippen LogP contribution >= 0.6 is 11.3 Å². The zero-order valence-electron chi connectivity index (χ0n) is 11.7. The number of thiophene rings is 1. The first-order valence-electron chi connectivity index (χ1n) is 7.04. The second-order valence-electron chi connectivity index (χ2n) is 5.49. The van der Waals surface area contributed by atoms with Crippen LogP contribution in [0.5, 0.6) is 0 Å². The molecule has 3 N–H and O–H groups in total. The van der Waals surface area contributed by atoms with Gasteiger partial charge in [0.2, 0.25) is 0 Å². The number of nitrogens with one attached hydrogen (secondary N) is 1. The van der Waals surface area contributed by atoms with Crippen LogP contribution in [0.3, 0.4) is 0 Å². The summed E-state index contributed by atoms with van der Waals surface area (Å²) in [5, 5.41) is 6.33. The highest BCUT2D eigenvalue weighted by molar-refractivity contribution is 7.16. The van der Waals surface area contributed by atoms with Gasteiger partial charge >= 0.3 is 0 Å². The number of halogens is 1. The van der Waals surface area contributed by atoms with E-state index in [0.717, 1.165) is 21.5 Å². The van der Waals surface area contributed by atoms with Gasteiger partial charge in [-0.3, -0.25) is 4.79 Å². The Balaban J connectivity index is 1.81. The van der Waals surface area contributed by atoms with Crippen molar-refractivity contribution in [3.05, 3.63) is 52.8 Å². The molecule has 0 aliphatic carbocycles. The Morgan fingerprint density at radius 2 is 2.23 bits per heavy atom. The Bertz CT molecular complexity index is 883. The Hall–Kier alpha value is -2.34. The van der Waals surface area contributed by atoms with E-state index in [1.807, 2.05) is 22.1 Å². The van der Waals surface area contributed by atoms with E-state index < -0.39 is 5.91 Å². The molecule has 0 bridgehead atoms. The Kier molecular flexibility index (Phi) is 2.94. The van der Waals surface area contributed by atoms with E-state index in [1.54, 1.807) is 23.5 Å². The number of carbonyl (C=O) groups excluding carboxylic acids is 1. The molecule has 4 rings (SSSR count). The van der Waals surface area contributed by atoms with Gasteiger partial charge < -0.3 is 15.6 Å². The van der Waals surface area contributed by atoms with Crippen molar-refractivity contribution < 1.29 is 9.18 Å². The van der Waals surface area contributed by atoms with Gasteiger partial charge in [0.25, 0.3) is 5.91 Å². The Labute approximate surface area is 130 Å². The standard InChI is InChI=1S/C16H14FN3OS/c17-11-1-2-13-10(5-11)6-12(8-19-13)20-14(15(18)21)7-9-3-4-22-16(9)20/h1-5,7,12,19H,6,8H2,(H2,18,21). The number of anilines is 1. The number of carbonyl (C=O) groups is 1. The number of hydrogen-bond acceptors (Lipinski definition) is 3. The van der Waals surface area contributed by atoms with E-state index in [-0.39, 0.29) is 11.9 Å². The minimum absolute atomic E-state index is 0.0351. The van der Waals surface area contributed by atoms with Crippen molar-refractivity contribution in [1.29, 1.82) is 0 Å². The summed E-state index contributed by atoms with van der Waals surface area (Å²) >= 11 is 1.58. The van der Waals surface area contributed by atoms with Crippen LogP contribution in [0, 0.1) is 5.82 Å². The molecule has 1 atom stereocenters. The predicted molar refractivity (Wildman–Crippen MR) is 86.0 cm³/mol. The third kappa shape index (κ3) is 1.99. The Morgan fingerprint density at radius 3 is 3.05 bits per heavy atom. The number of nitrogens with two attached hydrogens (primary N) is 1. The normalized spacial score (nSPS) is 17.2. The van der Waals surface area contributed by atoms with Gasteiger partial charge in [-0.05, 0) is 47.7 Å². The van der Waals surface area contributed by atoms with Crippen molar-refractivity contribution in [2.24, 2.45) is 5.73 Å². The van der Waals surface area contributed by atoms with Gasteiger partial charge in [-0.1, -0.05) is 0 Å². The molecule has 3 heterocycles. The van der Waals surface area contributed by atoms with Gasteiger partial charge in [0, 0.05) is 17.6 Å². The third-order valence-electron chi connectivity index (χ3n) is 4.11. The van der Waals surface area contributed by atoms with Gasteiger partial charge in [0.05, 0.1) is 6.04 Å². The molecule has 4 nitrogen and oxygen atoms in total. The first-order chi connectivity index (χ1) is 10.6. The molecule has 3 aromatic rings. The van der Waals surface area contributed by atoms with Crippen LogP contribution < -0.4 is 11.1 Å². The molecule has 0 saturated heterocycles. The molecule has 1 aliphatic heterocycles. The van der Waals surface area contributed by atoms with Crippen molar-refractivity contribution in [2.75, 3.05) is 11.9 Å². The minimum atomic E-state index is -0.437. The largest absolute Gasteiger partial charge is 0.383 e. The minimum Gasteiger partial charge on any atom is -0.383 e. The second-order valence-corrected chi connectivity index (χ2v) is 6.38. The maximum Gasteiger partial charge on any atom is 0.265 e. The molecule has 0 radical (unpaired) electrons. The lowest BCUT2D eigenvalue weighted by Crippen LogP contribution is -2.29. The molecular weight excluding hydrogens is 301 g/mol. The third-order valence-corrected chi connectivity index (χ3v) is 5.04. The number of primary amides is 1. The fourth-order valence-electron chi connectivity index (χ4n) is 3.14. The number of nitrogens with zero attached hydrogens (tertiary/aromatic N) is 1. The van der Waals surface area contributed by atoms with E-state index >= 15 is 0 Å². The summed E-state index contributed by atoms with van der Waals surface area (Å²) in [5.74, 6) is -0.682. The maximum atomic E-state index is 13.5.